The van der Waals surface area contributed by atoms with Gasteiger partial charge in [-0.1, -0.05) is 72.8 Å². The van der Waals surface area contributed by atoms with Crippen LogP contribution < -0.4 is 9.64 Å². The van der Waals surface area contributed by atoms with Gasteiger partial charge in [-0.3, -0.25) is 9.59 Å². The number of hydrogen-bond donors (Lipinski definition) is 0. The average Bonchev–Trinajstić information content (AvgIpc) is 3.14. The molecule has 8 rings (SSSR count). The van der Waals surface area contributed by atoms with E-state index in [1.807, 2.05) is 37.3 Å². The Morgan fingerprint density at radius 3 is 2.00 bits per heavy atom. The van der Waals surface area contributed by atoms with Gasteiger partial charge < -0.3 is 4.74 Å². The van der Waals surface area contributed by atoms with Crippen LogP contribution in [0.1, 0.15) is 51.4 Å². The minimum atomic E-state index is -0.915. The highest BCUT2D eigenvalue weighted by atomic mass is 16.5. The van der Waals surface area contributed by atoms with Crippen molar-refractivity contribution in [3.05, 3.63) is 131 Å². The first-order valence-electron chi connectivity index (χ1n) is 12.4. The molecule has 4 aliphatic rings. The van der Waals surface area contributed by atoms with Gasteiger partial charge in [-0.2, -0.15) is 0 Å². The van der Waals surface area contributed by atoms with Crippen molar-refractivity contribution in [2.75, 3.05) is 4.90 Å². The molecule has 0 aromatic heterocycles. The summed E-state index contributed by atoms with van der Waals surface area (Å²) in [5.74, 6) is -1.56. The molecule has 0 spiro atoms. The Kier molecular flexibility index (Phi) is 4.55. The molecule has 4 aromatic carbocycles. The number of nitrogens with zero attached hydrogens (tertiary/aromatic N) is 1. The Morgan fingerprint density at radius 2 is 1.35 bits per heavy atom. The minimum Gasteiger partial charge on any atom is -0.423 e. The number of ether oxygens (including phenoxy) is 1. The Hall–Kier alpha value is -4.51. The third kappa shape index (κ3) is 2.88. The van der Waals surface area contributed by atoms with Gasteiger partial charge >= 0.3 is 5.97 Å². The van der Waals surface area contributed by atoms with E-state index in [9.17, 15) is 14.4 Å². The van der Waals surface area contributed by atoms with Crippen LogP contribution in [0.5, 0.6) is 5.75 Å². The highest BCUT2D eigenvalue weighted by Gasteiger charge is 2.68. The SMILES string of the molecule is CC12C(=O)N(c3cccc(OC(=O)c4ccccc4)c3)C(=O)C1C1c3ccccc3C2c2ccccc21. The van der Waals surface area contributed by atoms with Crippen molar-refractivity contribution in [1.82, 2.24) is 0 Å². The van der Waals surface area contributed by atoms with E-state index in [1.165, 1.54) is 4.90 Å². The van der Waals surface area contributed by atoms with Gasteiger partial charge in [0.2, 0.25) is 11.8 Å². The number of carbonyl (C=O) groups is 3. The molecule has 1 saturated heterocycles. The molecule has 0 radical (unpaired) electrons. The Balaban J connectivity index is 1.30. The standard InChI is InChI=1S/C32H23NO4/c1-32-27-24-16-7-5-14-22(24)26(23-15-6-8-17-25(23)27)28(32)29(34)33(31(32)36)20-12-9-13-21(18-20)37-30(35)19-10-3-2-4-11-19/h2-18,26-28H,1H3. The molecule has 4 aromatic rings. The van der Waals surface area contributed by atoms with Crippen LogP contribution in [0.25, 0.3) is 0 Å². The molecule has 2 atom stereocenters. The van der Waals surface area contributed by atoms with E-state index in [0.29, 0.717) is 11.3 Å². The van der Waals surface area contributed by atoms with E-state index >= 15 is 0 Å². The summed E-state index contributed by atoms with van der Waals surface area (Å²) in [4.78, 5) is 42.3. The van der Waals surface area contributed by atoms with Crippen LogP contribution in [0, 0.1) is 11.3 Å². The summed E-state index contributed by atoms with van der Waals surface area (Å²) < 4.78 is 5.58. The molecule has 5 heteroatoms. The summed E-state index contributed by atoms with van der Waals surface area (Å²) >= 11 is 0. The van der Waals surface area contributed by atoms with Crippen LogP contribution in [0.3, 0.4) is 0 Å². The molecule has 0 saturated carbocycles. The molecule has 3 aliphatic carbocycles. The summed E-state index contributed by atoms with van der Waals surface area (Å²) in [7, 11) is 0. The summed E-state index contributed by atoms with van der Waals surface area (Å²) in [6.07, 6.45) is 0. The first kappa shape index (κ1) is 21.7. The lowest BCUT2D eigenvalue weighted by atomic mass is 9.48. The van der Waals surface area contributed by atoms with E-state index < -0.39 is 17.3 Å². The minimum absolute atomic E-state index is 0.192. The molecule has 0 N–H and O–H groups in total. The van der Waals surface area contributed by atoms with Gasteiger partial charge in [0, 0.05) is 17.9 Å². The van der Waals surface area contributed by atoms with Crippen molar-refractivity contribution in [3.63, 3.8) is 0 Å². The third-order valence-electron chi connectivity index (χ3n) is 8.31. The summed E-state index contributed by atoms with van der Waals surface area (Å²) in [5, 5.41) is 0. The van der Waals surface area contributed by atoms with Gasteiger partial charge in [0.15, 0.2) is 0 Å². The second kappa shape index (κ2) is 7.74. The van der Waals surface area contributed by atoms with Crippen molar-refractivity contribution < 1.29 is 19.1 Å². The fourth-order valence-corrected chi connectivity index (χ4v) is 6.79. The van der Waals surface area contributed by atoms with Gasteiger partial charge in [-0.25, -0.2) is 9.69 Å². The maximum absolute atomic E-state index is 14.2. The number of benzene rings is 4. The van der Waals surface area contributed by atoms with E-state index in [0.717, 1.165) is 22.3 Å². The molecule has 2 bridgehead atoms. The first-order chi connectivity index (χ1) is 18.0. The lowest BCUT2D eigenvalue weighted by Crippen LogP contribution is -2.49. The molecule has 2 amide bonds. The molecule has 1 fully saturated rings. The zero-order chi connectivity index (χ0) is 25.3. The number of rotatable bonds is 3. The van der Waals surface area contributed by atoms with Crippen LogP contribution in [-0.4, -0.2) is 17.8 Å². The third-order valence-corrected chi connectivity index (χ3v) is 8.31. The van der Waals surface area contributed by atoms with E-state index in [-0.39, 0.29) is 29.4 Å². The molecule has 37 heavy (non-hydrogen) atoms. The zero-order valence-corrected chi connectivity index (χ0v) is 20.1. The van der Waals surface area contributed by atoms with Crippen molar-refractivity contribution in [2.45, 2.75) is 18.8 Å². The molecular formula is C32H23NO4. The van der Waals surface area contributed by atoms with Gasteiger partial charge in [-0.15, -0.1) is 0 Å². The highest BCUT2D eigenvalue weighted by Crippen LogP contribution is 2.67. The number of hydrogen-bond acceptors (Lipinski definition) is 4. The quantitative estimate of drug-likeness (QED) is 0.212. The molecule has 2 unspecified atom stereocenters. The van der Waals surface area contributed by atoms with Gasteiger partial charge in [0.05, 0.1) is 22.6 Å². The van der Waals surface area contributed by atoms with Crippen LogP contribution in [-0.2, 0) is 9.59 Å². The van der Waals surface area contributed by atoms with Gasteiger partial charge in [0.1, 0.15) is 5.75 Å². The van der Waals surface area contributed by atoms with Crippen LogP contribution in [0.2, 0.25) is 0 Å². The molecule has 180 valence electrons. The largest absolute Gasteiger partial charge is 0.423 e. The van der Waals surface area contributed by atoms with Crippen molar-refractivity contribution in [1.29, 1.82) is 0 Å². The van der Waals surface area contributed by atoms with Crippen molar-refractivity contribution in [3.8, 4) is 5.75 Å². The number of anilines is 1. The van der Waals surface area contributed by atoms with E-state index in [2.05, 4.69) is 24.3 Å². The number of amides is 2. The lowest BCUT2D eigenvalue weighted by Gasteiger charge is -2.51. The number of esters is 1. The van der Waals surface area contributed by atoms with Crippen molar-refractivity contribution >= 4 is 23.5 Å². The summed E-state index contributed by atoms with van der Waals surface area (Å²) in [6.45, 7) is 1.95. The van der Waals surface area contributed by atoms with Crippen LogP contribution in [0.15, 0.2) is 103 Å². The topological polar surface area (TPSA) is 63.7 Å². The maximum Gasteiger partial charge on any atom is 0.343 e. The van der Waals surface area contributed by atoms with Crippen molar-refractivity contribution in [2.24, 2.45) is 11.3 Å². The highest BCUT2D eigenvalue weighted by molar-refractivity contribution is 6.25. The summed E-state index contributed by atoms with van der Waals surface area (Å²) in [6, 6.07) is 31.8. The summed E-state index contributed by atoms with van der Waals surface area (Å²) in [5.41, 5.74) is 4.42. The first-order valence-corrected chi connectivity index (χ1v) is 12.4. The van der Waals surface area contributed by atoms with Crippen LogP contribution >= 0.6 is 0 Å². The van der Waals surface area contributed by atoms with E-state index in [1.54, 1.807) is 48.5 Å². The Bertz CT molecular complexity index is 1560. The smallest absolute Gasteiger partial charge is 0.343 e. The fraction of sp³-hybridized carbons (Fsp3) is 0.156. The van der Waals surface area contributed by atoms with Crippen LogP contribution in [0.4, 0.5) is 5.69 Å². The Labute approximate surface area is 214 Å². The number of imide groups is 1. The maximum atomic E-state index is 14.2. The van der Waals surface area contributed by atoms with Gasteiger partial charge in [0.25, 0.3) is 0 Å². The predicted molar refractivity (Wildman–Crippen MR) is 139 cm³/mol. The fourth-order valence-electron chi connectivity index (χ4n) is 6.79. The predicted octanol–water partition coefficient (Wildman–Crippen LogP) is 5.69. The lowest BCUT2D eigenvalue weighted by molar-refractivity contribution is -0.128. The molecular weight excluding hydrogens is 462 g/mol. The normalized spacial score (nSPS) is 24.9. The Morgan fingerprint density at radius 1 is 0.757 bits per heavy atom. The monoisotopic (exact) mass is 485 g/mol. The average molecular weight is 486 g/mol. The second-order valence-electron chi connectivity index (χ2n) is 10.2. The molecule has 5 nitrogen and oxygen atoms in total. The van der Waals surface area contributed by atoms with Gasteiger partial charge in [-0.05, 0) is 53.4 Å². The number of carbonyl (C=O) groups excluding carboxylic acids is 3. The molecule has 1 heterocycles. The van der Waals surface area contributed by atoms with E-state index in [4.69, 9.17) is 4.74 Å². The zero-order valence-electron chi connectivity index (χ0n) is 20.1. The second-order valence-corrected chi connectivity index (χ2v) is 10.2. The molecule has 1 aliphatic heterocycles.